The Bertz CT molecular complexity index is 1070. The normalized spacial score (nSPS) is 19.6. The number of carbonyl (C=O) groups excluding carboxylic acids is 1. The van der Waals surface area contributed by atoms with Gasteiger partial charge in [0.15, 0.2) is 0 Å². The summed E-state index contributed by atoms with van der Waals surface area (Å²) < 4.78 is 11.7. The fourth-order valence-corrected chi connectivity index (χ4v) is 4.60. The van der Waals surface area contributed by atoms with Crippen LogP contribution in [0.25, 0.3) is 22.0 Å². The zero-order valence-corrected chi connectivity index (χ0v) is 18.1. The van der Waals surface area contributed by atoms with Crippen molar-refractivity contribution in [3.05, 3.63) is 59.8 Å². The Balaban J connectivity index is 1.20. The van der Waals surface area contributed by atoms with Crippen LogP contribution < -0.4 is 4.74 Å². The third-order valence-corrected chi connectivity index (χ3v) is 6.47. The van der Waals surface area contributed by atoms with Crippen LogP contribution in [-0.2, 0) is 9.53 Å². The maximum atomic E-state index is 12.5. The van der Waals surface area contributed by atoms with Gasteiger partial charge < -0.3 is 14.4 Å². The molecule has 0 aliphatic carbocycles. The summed E-state index contributed by atoms with van der Waals surface area (Å²) in [6, 6.07) is 16.1. The van der Waals surface area contributed by atoms with E-state index in [9.17, 15) is 4.79 Å². The number of pyridine rings is 1. The Morgan fingerprint density at radius 1 is 1.03 bits per heavy atom. The van der Waals surface area contributed by atoms with Gasteiger partial charge in [0.25, 0.3) is 5.91 Å². The molecule has 0 radical (unpaired) electrons. The summed E-state index contributed by atoms with van der Waals surface area (Å²) in [5.41, 5.74) is 3.08. The van der Waals surface area contributed by atoms with E-state index in [1.165, 1.54) is 0 Å². The molecule has 5 rings (SSSR count). The third-order valence-electron chi connectivity index (χ3n) is 6.14. The van der Waals surface area contributed by atoms with Gasteiger partial charge >= 0.3 is 0 Å². The molecular weight excluding hydrogens is 412 g/mol. The first-order valence-electron chi connectivity index (χ1n) is 10.9. The lowest BCUT2D eigenvalue weighted by Crippen LogP contribution is -2.45. The van der Waals surface area contributed by atoms with Gasteiger partial charge in [-0.1, -0.05) is 35.9 Å². The summed E-state index contributed by atoms with van der Waals surface area (Å²) in [7, 11) is 0. The smallest absolute Gasteiger partial charge is 0.251 e. The van der Waals surface area contributed by atoms with E-state index in [-0.39, 0.29) is 18.1 Å². The summed E-state index contributed by atoms with van der Waals surface area (Å²) in [4.78, 5) is 18.8. The molecule has 2 saturated heterocycles. The number of amides is 1. The summed E-state index contributed by atoms with van der Waals surface area (Å²) in [5, 5.41) is 1.67. The second-order valence-electron chi connectivity index (χ2n) is 8.19. The summed E-state index contributed by atoms with van der Waals surface area (Å²) >= 11 is 6.24. The van der Waals surface area contributed by atoms with E-state index in [1.54, 1.807) is 12.3 Å². The van der Waals surface area contributed by atoms with Crippen LogP contribution in [-0.4, -0.2) is 47.7 Å². The van der Waals surface area contributed by atoms with E-state index in [2.05, 4.69) is 29.2 Å². The van der Waals surface area contributed by atoms with Crippen molar-refractivity contribution in [2.24, 2.45) is 0 Å². The number of hydrogen-bond acceptors (Lipinski definition) is 4. The van der Waals surface area contributed by atoms with E-state index in [4.69, 9.17) is 21.1 Å². The zero-order valence-electron chi connectivity index (χ0n) is 17.3. The topological polar surface area (TPSA) is 51.7 Å². The number of rotatable bonds is 4. The highest BCUT2D eigenvalue weighted by Gasteiger charge is 2.31. The molecule has 2 aromatic carbocycles. The number of benzene rings is 2. The number of carbonyl (C=O) groups is 1. The number of halogens is 1. The quantitative estimate of drug-likeness (QED) is 0.570. The van der Waals surface area contributed by atoms with Gasteiger partial charge in [-0.25, -0.2) is 0 Å². The second kappa shape index (κ2) is 8.85. The van der Waals surface area contributed by atoms with Crippen LogP contribution in [0.2, 0.25) is 5.02 Å². The molecule has 0 N–H and O–H groups in total. The molecule has 2 aliphatic heterocycles. The van der Waals surface area contributed by atoms with Crippen molar-refractivity contribution in [2.75, 3.05) is 19.7 Å². The largest absolute Gasteiger partial charge is 0.490 e. The van der Waals surface area contributed by atoms with Crippen molar-refractivity contribution in [1.29, 1.82) is 0 Å². The van der Waals surface area contributed by atoms with Gasteiger partial charge in [0.2, 0.25) is 0 Å². The Kier molecular flexibility index (Phi) is 5.79. The number of hydrogen-bond donors (Lipinski definition) is 0. The summed E-state index contributed by atoms with van der Waals surface area (Å²) in [6.45, 7) is 2.16. The number of ether oxygens (including phenoxy) is 2. The van der Waals surface area contributed by atoms with Gasteiger partial charge in [-0.15, -0.1) is 0 Å². The molecule has 0 unspecified atom stereocenters. The van der Waals surface area contributed by atoms with Gasteiger partial charge in [-0.3, -0.25) is 9.78 Å². The van der Waals surface area contributed by atoms with Gasteiger partial charge in [-0.05, 0) is 48.2 Å². The highest BCUT2D eigenvalue weighted by molar-refractivity contribution is 6.35. The molecule has 0 spiro atoms. The SMILES string of the molecule is O=C([C@H]1CCCO1)N1CCC(Oc2ccc(-c3ccc4c(Cl)ccnc4c3)cc2)CC1. The van der Waals surface area contributed by atoms with Crippen LogP contribution in [0.3, 0.4) is 0 Å². The van der Waals surface area contributed by atoms with Gasteiger partial charge in [0.1, 0.15) is 18.0 Å². The van der Waals surface area contributed by atoms with Gasteiger partial charge in [0, 0.05) is 44.1 Å². The highest BCUT2D eigenvalue weighted by Crippen LogP contribution is 2.29. The van der Waals surface area contributed by atoms with Crippen LogP contribution in [0.15, 0.2) is 54.7 Å². The van der Waals surface area contributed by atoms with Gasteiger partial charge in [0.05, 0.1) is 10.5 Å². The molecular formula is C25H25ClN2O3. The molecule has 3 aromatic rings. The molecule has 3 heterocycles. The average molecular weight is 437 g/mol. The number of fused-ring (bicyclic) bond motifs is 1. The molecule has 0 saturated carbocycles. The van der Waals surface area contributed by atoms with E-state index in [0.29, 0.717) is 11.6 Å². The first-order chi connectivity index (χ1) is 15.2. The minimum absolute atomic E-state index is 0.131. The predicted octanol–water partition coefficient (Wildman–Crippen LogP) is 5.10. The Morgan fingerprint density at radius 3 is 2.55 bits per heavy atom. The first kappa shape index (κ1) is 20.3. The van der Waals surface area contributed by atoms with E-state index < -0.39 is 0 Å². The summed E-state index contributed by atoms with van der Waals surface area (Å²) in [5.74, 6) is 1.00. The van der Waals surface area contributed by atoms with E-state index in [1.807, 2.05) is 23.1 Å². The molecule has 31 heavy (non-hydrogen) atoms. The standard InChI is InChI=1S/C25H25ClN2O3/c26-22-9-12-27-23-16-18(5-8-21(22)23)17-3-6-19(7-4-17)31-20-10-13-28(14-11-20)25(29)24-2-1-15-30-24/h3-9,12,16,20,24H,1-2,10-11,13-15H2/t24-/m1/s1. The fraction of sp³-hybridized carbons (Fsp3) is 0.360. The lowest BCUT2D eigenvalue weighted by molar-refractivity contribution is -0.142. The van der Waals surface area contributed by atoms with Crippen LogP contribution in [0.4, 0.5) is 0 Å². The van der Waals surface area contributed by atoms with Crippen molar-refractivity contribution < 1.29 is 14.3 Å². The molecule has 2 aliphatic rings. The Labute approximate surface area is 186 Å². The lowest BCUT2D eigenvalue weighted by Gasteiger charge is -2.33. The lowest BCUT2D eigenvalue weighted by atomic mass is 10.0. The molecule has 1 aromatic heterocycles. The van der Waals surface area contributed by atoms with Crippen molar-refractivity contribution in [3.8, 4) is 16.9 Å². The Morgan fingerprint density at radius 2 is 1.81 bits per heavy atom. The Hall–Kier alpha value is -2.63. The molecule has 5 nitrogen and oxygen atoms in total. The van der Waals surface area contributed by atoms with E-state index >= 15 is 0 Å². The average Bonchev–Trinajstić information content (AvgIpc) is 3.35. The van der Waals surface area contributed by atoms with Crippen LogP contribution in [0, 0.1) is 0 Å². The maximum absolute atomic E-state index is 12.5. The number of piperidine rings is 1. The second-order valence-corrected chi connectivity index (χ2v) is 8.60. The number of nitrogens with zero attached hydrogens (tertiary/aromatic N) is 2. The van der Waals surface area contributed by atoms with Crippen LogP contribution >= 0.6 is 11.6 Å². The van der Waals surface area contributed by atoms with Crippen molar-refractivity contribution >= 4 is 28.4 Å². The number of aromatic nitrogens is 1. The highest BCUT2D eigenvalue weighted by atomic mass is 35.5. The molecule has 2 fully saturated rings. The molecule has 0 bridgehead atoms. The molecule has 1 atom stereocenters. The minimum atomic E-state index is -0.230. The van der Waals surface area contributed by atoms with Crippen LogP contribution in [0.1, 0.15) is 25.7 Å². The van der Waals surface area contributed by atoms with E-state index in [0.717, 1.165) is 66.6 Å². The predicted molar refractivity (Wildman–Crippen MR) is 121 cm³/mol. The zero-order chi connectivity index (χ0) is 21.2. The summed E-state index contributed by atoms with van der Waals surface area (Å²) in [6.07, 6.45) is 5.15. The van der Waals surface area contributed by atoms with Gasteiger partial charge in [-0.2, -0.15) is 0 Å². The van der Waals surface area contributed by atoms with Crippen molar-refractivity contribution in [2.45, 2.75) is 37.9 Å². The molecule has 1 amide bonds. The monoisotopic (exact) mass is 436 g/mol. The number of likely N-dealkylation sites (tertiary alicyclic amines) is 1. The fourth-order valence-electron chi connectivity index (χ4n) is 4.38. The minimum Gasteiger partial charge on any atom is -0.490 e. The first-order valence-corrected chi connectivity index (χ1v) is 11.3. The molecule has 160 valence electrons. The maximum Gasteiger partial charge on any atom is 0.251 e. The van der Waals surface area contributed by atoms with Crippen LogP contribution in [0.5, 0.6) is 5.75 Å². The third kappa shape index (κ3) is 4.39. The van der Waals surface area contributed by atoms with Crippen molar-refractivity contribution in [1.82, 2.24) is 9.88 Å². The molecule has 6 heteroatoms. The van der Waals surface area contributed by atoms with Crippen molar-refractivity contribution in [3.63, 3.8) is 0 Å².